The van der Waals surface area contributed by atoms with Gasteiger partial charge in [-0.3, -0.25) is 4.79 Å². The van der Waals surface area contributed by atoms with Crippen molar-refractivity contribution in [2.24, 2.45) is 0 Å². The molecule has 0 unspecified atom stereocenters. The van der Waals surface area contributed by atoms with E-state index in [1.807, 2.05) is 0 Å². The van der Waals surface area contributed by atoms with Gasteiger partial charge >= 0.3 is 6.18 Å². The smallest absolute Gasteiger partial charge is 0.323 e. The lowest BCUT2D eigenvalue weighted by atomic mass is 10.1. The van der Waals surface area contributed by atoms with Crippen molar-refractivity contribution in [3.8, 4) is 16.3 Å². The first-order valence-corrected chi connectivity index (χ1v) is 9.62. The molecule has 0 saturated carbocycles. The van der Waals surface area contributed by atoms with Crippen LogP contribution in [-0.4, -0.2) is 31.1 Å². The fourth-order valence-electron chi connectivity index (χ4n) is 2.71. The van der Waals surface area contributed by atoms with E-state index in [0.717, 1.165) is 12.1 Å². The van der Waals surface area contributed by atoms with E-state index in [0.29, 0.717) is 22.0 Å². The first-order chi connectivity index (χ1) is 14.8. The van der Waals surface area contributed by atoms with Crippen LogP contribution in [0, 0.1) is 5.82 Å². The Bertz CT molecular complexity index is 1210. The van der Waals surface area contributed by atoms with Crippen molar-refractivity contribution in [2.75, 3.05) is 5.32 Å². The Kier molecular flexibility index (Phi) is 5.46. The minimum Gasteiger partial charge on any atom is -0.323 e. The number of thiazole rings is 1. The van der Waals surface area contributed by atoms with Crippen LogP contribution in [0.25, 0.3) is 16.3 Å². The number of amides is 1. The zero-order valence-corrected chi connectivity index (χ0v) is 16.3. The topological polar surface area (TPSA) is 85.6 Å². The van der Waals surface area contributed by atoms with Crippen molar-refractivity contribution < 1.29 is 22.4 Å². The molecule has 0 saturated heterocycles. The Balaban J connectivity index is 1.44. The van der Waals surface area contributed by atoms with Gasteiger partial charge < -0.3 is 5.32 Å². The van der Waals surface area contributed by atoms with Gasteiger partial charge in [0, 0.05) is 10.9 Å². The third-order valence-corrected chi connectivity index (χ3v) is 5.13. The second kappa shape index (κ2) is 8.22. The lowest BCUT2D eigenvalue weighted by Crippen LogP contribution is -2.16. The molecule has 7 nitrogen and oxygen atoms in total. The molecule has 2 heterocycles. The molecule has 0 bridgehead atoms. The Morgan fingerprint density at radius 2 is 1.90 bits per heavy atom. The van der Waals surface area contributed by atoms with Gasteiger partial charge in [0.05, 0.1) is 29.1 Å². The second-order valence-electron chi connectivity index (χ2n) is 6.36. The lowest BCUT2D eigenvalue weighted by molar-refractivity contribution is -0.137. The van der Waals surface area contributed by atoms with Crippen LogP contribution in [0.4, 0.5) is 23.2 Å². The number of alkyl halides is 3. The molecule has 0 radical (unpaired) electrons. The summed E-state index contributed by atoms with van der Waals surface area (Å²) >= 11 is 1.20. The van der Waals surface area contributed by atoms with Crippen LogP contribution in [0.1, 0.15) is 11.3 Å². The van der Waals surface area contributed by atoms with E-state index in [-0.39, 0.29) is 12.1 Å². The summed E-state index contributed by atoms with van der Waals surface area (Å²) in [5, 5.41) is 15.3. The Morgan fingerprint density at radius 1 is 1.13 bits per heavy atom. The standard InChI is InChI=1S/C19H12F4N6OS/c20-15-6-5-14(29-10-24-27-28-29)8-16(15)26-17(30)7-13-9-31-18(25-13)11-1-3-12(4-2-11)19(21,22)23/h1-6,8-10H,7H2,(H,26,30). The molecule has 0 aliphatic heterocycles. The van der Waals surface area contributed by atoms with Crippen LogP contribution in [0.2, 0.25) is 0 Å². The lowest BCUT2D eigenvalue weighted by Gasteiger charge is -2.08. The largest absolute Gasteiger partial charge is 0.416 e. The minimum atomic E-state index is -4.42. The molecule has 0 aliphatic rings. The number of aromatic nitrogens is 5. The van der Waals surface area contributed by atoms with E-state index < -0.39 is 23.5 Å². The fraction of sp³-hybridized carbons (Fsp3) is 0.105. The first kappa shape index (κ1) is 20.6. The quantitative estimate of drug-likeness (QED) is 0.464. The van der Waals surface area contributed by atoms with Crippen molar-refractivity contribution in [1.82, 2.24) is 25.2 Å². The van der Waals surface area contributed by atoms with Gasteiger partial charge in [-0.25, -0.2) is 14.1 Å². The number of benzene rings is 2. The molecular weight excluding hydrogens is 436 g/mol. The fourth-order valence-corrected chi connectivity index (χ4v) is 3.54. The molecule has 31 heavy (non-hydrogen) atoms. The monoisotopic (exact) mass is 448 g/mol. The molecule has 0 aliphatic carbocycles. The van der Waals surface area contributed by atoms with Gasteiger partial charge in [0.1, 0.15) is 17.2 Å². The number of nitrogens with zero attached hydrogens (tertiary/aromatic N) is 5. The van der Waals surface area contributed by atoms with Crippen molar-refractivity contribution >= 4 is 22.9 Å². The number of anilines is 1. The molecule has 2 aromatic heterocycles. The van der Waals surface area contributed by atoms with Gasteiger partial charge in [-0.15, -0.1) is 16.4 Å². The van der Waals surface area contributed by atoms with Gasteiger partial charge in [0.25, 0.3) is 0 Å². The summed E-state index contributed by atoms with van der Waals surface area (Å²) in [4.78, 5) is 16.6. The maximum absolute atomic E-state index is 14.1. The summed E-state index contributed by atoms with van der Waals surface area (Å²) in [6.45, 7) is 0. The average molecular weight is 448 g/mol. The average Bonchev–Trinajstić information content (AvgIpc) is 3.41. The van der Waals surface area contributed by atoms with Crippen LogP contribution in [0.15, 0.2) is 54.2 Å². The maximum Gasteiger partial charge on any atom is 0.416 e. The summed E-state index contributed by atoms with van der Waals surface area (Å²) in [6, 6.07) is 8.62. The van der Waals surface area contributed by atoms with Crippen molar-refractivity contribution in [1.29, 1.82) is 0 Å². The van der Waals surface area contributed by atoms with E-state index in [1.54, 1.807) is 5.38 Å². The predicted molar refractivity (Wildman–Crippen MR) is 104 cm³/mol. The van der Waals surface area contributed by atoms with E-state index >= 15 is 0 Å². The molecular formula is C19H12F4N6OS. The Morgan fingerprint density at radius 3 is 2.58 bits per heavy atom. The number of carbonyl (C=O) groups excluding carboxylic acids is 1. The van der Waals surface area contributed by atoms with Crippen LogP contribution in [-0.2, 0) is 17.4 Å². The number of hydrogen-bond donors (Lipinski definition) is 1. The SMILES string of the molecule is O=C(Cc1csc(-c2ccc(C(F)(F)F)cc2)n1)Nc1cc(-n2cnnn2)ccc1F. The van der Waals surface area contributed by atoms with Crippen molar-refractivity contribution in [3.63, 3.8) is 0 Å². The van der Waals surface area contributed by atoms with E-state index in [2.05, 4.69) is 25.8 Å². The number of tetrazole rings is 1. The maximum atomic E-state index is 14.1. The van der Waals surface area contributed by atoms with Gasteiger partial charge in [-0.2, -0.15) is 13.2 Å². The highest BCUT2D eigenvalue weighted by atomic mass is 32.1. The molecule has 0 atom stereocenters. The molecule has 2 aromatic carbocycles. The molecule has 0 fully saturated rings. The molecule has 1 N–H and O–H groups in total. The number of halogens is 4. The number of hydrogen-bond acceptors (Lipinski definition) is 6. The molecule has 1 amide bonds. The van der Waals surface area contributed by atoms with Crippen molar-refractivity contribution in [2.45, 2.75) is 12.6 Å². The van der Waals surface area contributed by atoms with E-state index in [1.165, 1.54) is 52.7 Å². The van der Waals surface area contributed by atoms with Crippen LogP contribution >= 0.6 is 11.3 Å². The zero-order chi connectivity index (χ0) is 22.0. The van der Waals surface area contributed by atoms with Crippen LogP contribution < -0.4 is 5.32 Å². The van der Waals surface area contributed by atoms with E-state index in [9.17, 15) is 22.4 Å². The third kappa shape index (κ3) is 4.74. The molecule has 158 valence electrons. The Labute approximate surface area is 176 Å². The summed E-state index contributed by atoms with van der Waals surface area (Å²) in [5.74, 6) is -1.13. The number of nitrogens with one attached hydrogen (secondary N) is 1. The third-order valence-electron chi connectivity index (χ3n) is 4.19. The summed E-state index contributed by atoms with van der Waals surface area (Å²) in [5.41, 5.74) is 0.578. The normalized spacial score (nSPS) is 11.5. The highest BCUT2D eigenvalue weighted by Crippen LogP contribution is 2.32. The highest BCUT2D eigenvalue weighted by molar-refractivity contribution is 7.13. The Hall–Kier alpha value is -3.67. The van der Waals surface area contributed by atoms with Gasteiger partial charge in [0.15, 0.2) is 0 Å². The summed E-state index contributed by atoms with van der Waals surface area (Å²) in [6.07, 6.45) is -3.22. The zero-order valence-electron chi connectivity index (χ0n) is 15.5. The van der Waals surface area contributed by atoms with Gasteiger partial charge in [-0.1, -0.05) is 12.1 Å². The second-order valence-corrected chi connectivity index (χ2v) is 7.22. The van der Waals surface area contributed by atoms with Gasteiger partial charge in [-0.05, 0) is 40.8 Å². The molecule has 4 rings (SSSR count). The van der Waals surface area contributed by atoms with Crippen molar-refractivity contribution in [3.05, 3.63) is 71.2 Å². The summed E-state index contributed by atoms with van der Waals surface area (Å²) in [7, 11) is 0. The number of rotatable bonds is 5. The predicted octanol–water partition coefficient (Wildman–Crippen LogP) is 4.12. The van der Waals surface area contributed by atoms with Gasteiger partial charge in [0.2, 0.25) is 5.91 Å². The molecule has 4 aromatic rings. The minimum absolute atomic E-state index is 0.0452. The number of carbonyl (C=O) groups is 1. The molecule has 12 heteroatoms. The van der Waals surface area contributed by atoms with E-state index in [4.69, 9.17) is 0 Å². The van der Waals surface area contributed by atoms with Crippen LogP contribution in [0.3, 0.4) is 0 Å². The highest BCUT2D eigenvalue weighted by Gasteiger charge is 2.30. The first-order valence-electron chi connectivity index (χ1n) is 8.74. The van der Waals surface area contributed by atoms with Crippen LogP contribution in [0.5, 0.6) is 0 Å². The molecule has 0 spiro atoms. The summed E-state index contributed by atoms with van der Waals surface area (Å²) < 4.78 is 53.5.